The summed E-state index contributed by atoms with van der Waals surface area (Å²) in [6.45, 7) is 4.34. The monoisotopic (exact) mass is 312 g/mol. The maximum absolute atomic E-state index is 10.2. The third kappa shape index (κ3) is 2.18. The molecule has 0 radical (unpaired) electrons. The van der Waals surface area contributed by atoms with E-state index in [9.17, 15) is 5.11 Å². The Morgan fingerprint density at radius 3 is 2.87 bits per heavy atom. The van der Waals surface area contributed by atoms with Gasteiger partial charge in [-0.2, -0.15) is 0 Å². The van der Waals surface area contributed by atoms with E-state index in [-0.39, 0.29) is 11.5 Å². The lowest BCUT2D eigenvalue weighted by atomic mass is 9.54. The van der Waals surface area contributed by atoms with Crippen LogP contribution in [0.5, 0.6) is 5.75 Å². The minimum absolute atomic E-state index is 0.222. The van der Waals surface area contributed by atoms with Crippen molar-refractivity contribution in [1.29, 1.82) is 0 Å². The van der Waals surface area contributed by atoms with Crippen molar-refractivity contribution in [1.82, 2.24) is 0 Å². The molecule has 0 unspecified atom stereocenters. The number of fused-ring (bicyclic) bond motifs is 5. The van der Waals surface area contributed by atoms with Gasteiger partial charge < -0.3 is 9.84 Å². The van der Waals surface area contributed by atoms with Gasteiger partial charge in [0.2, 0.25) is 0 Å². The van der Waals surface area contributed by atoms with Gasteiger partial charge >= 0.3 is 0 Å². The van der Waals surface area contributed by atoms with E-state index in [1.165, 1.54) is 36.8 Å². The summed E-state index contributed by atoms with van der Waals surface area (Å²) in [5.74, 6) is 3.16. The Hall–Kier alpha value is -1.28. The van der Waals surface area contributed by atoms with Gasteiger partial charge in [-0.25, -0.2) is 0 Å². The Morgan fingerprint density at radius 2 is 2.13 bits per heavy atom. The first-order valence-corrected chi connectivity index (χ1v) is 9.10. The standard InChI is InChI=1S/C21H28O2/c1-13(22)19-8-9-20-18-6-4-14-12-15(23-3)5-7-16(14)17(18)10-11-21(19,20)2/h5,7-8,12-13,17-18,20,22H,4,6,9-11H2,1-3H3/t13-,17+,18+,20-,21+/m1/s1. The van der Waals surface area contributed by atoms with Crippen molar-refractivity contribution in [3.8, 4) is 5.75 Å². The normalized spacial score (nSPS) is 36.5. The van der Waals surface area contributed by atoms with E-state index in [4.69, 9.17) is 4.74 Å². The van der Waals surface area contributed by atoms with Gasteiger partial charge in [0, 0.05) is 0 Å². The average Bonchev–Trinajstić information content (AvgIpc) is 2.91. The molecule has 0 aliphatic heterocycles. The second-order valence-corrected chi connectivity index (χ2v) is 8.01. The molecule has 0 amide bonds. The zero-order valence-corrected chi connectivity index (χ0v) is 14.5. The molecule has 1 aromatic rings. The second-order valence-electron chi connectivity index (χ2n) is 8.01. The number of rotatable bonds is 2. The van der Waals surface area contributed by atoms with Gasteiger partial charge in [-0.15, -0.1) is 0 Å². The third-order valence-electron chi connectivity index (χ3n) is 7.02. The Labute approximate surface area is 139 Å². The molecule has 1 saturated carbocycles. The predicted octanol–water partition coefficient (Wildman–Crippen LogP) is 4.47. The molecule has 2 heteroatoms. The maximum atomic E-state index is 10.2. The highest BCUT2D eigenvalue weighted by atomic mass is 16.5. The van der Waals surface area contributed by atoms with Gasteiger partial charge in [0.1, 0.15) is 5.75 Å². The Morgan fingerprint density at radius 1 is 1.30 bits per heavy atom. The molecule has 3 aliphatic carbocycles. The second kappa shape index (κ2) is 5.37. The molecular weight excluding hydrogens is 284 g/mol. The molecule has 4 rings (SSSR count). The van der Waals surface area contributed by atoms with Crippen LogP contribution in [0.3, 0.4) is 0 Å². The van der Waals surface area contributed by atoms with Gasteiger partial charge in [-0.1, -0.05) is 19.1 Å². The fourth-order valence-corrected chi connectivity index (χ4v) is 5.93. The maximum Gasteiger partial charge on any atom is 0.119 e. The Kier molecular flexibility index (Phi) is 3.57. The Balaban J connectivity index is 1.66. The van der Waals surface area contributed by atoms with Crippen molar-refractivity contribution in [3.63, 3.8) is 0 Å². The van der Waals surface area contributed by atoms with Crippen LogP contribution in [0.25, 0.3) is 0 Å². The highest BCUT2D eigenvalue weighted by Crippen LogP contribution is 2.61. The van der Waals surface area contributed by atoms with Crippen LogP contribution in [0.15, 0.2) is 29.8 Å². The zero-order valence-electron chi connectivity index (χ0n) is 14.5. The molecule has 0 saturated heterocycles. The van der Waals surface area contributed by atoms with Crippen LogP contribution < -0.4 is 4.74 Å². The number of allylic oxidation sites excluding steroid dienone is 1. The molecular formula is C21H28O2. The van der Waals surface area contributed by atoms with Crippen LogP contribution in [0.2, 0.25) is 0 Å². The van der Waals surface area contributed by atoms with Crippen LogP contribution >= 0.6 is 0 Å². The lowest BCUT2D eigenvalue weighted by Crippen LogP contribution is -2.42. The summed E-state index contributed by atoms with van der Waals surface area (Å²) in [4.78, 5) is 0. The first kappa shape index (κ1) is 15.3. The van der Waals surface area contributed by atoms with Gasteiger partial charge in [0.15, 0.2) is 0 Å². The van der Waals surface area contributed by atoms with E-state index >= 15 is 0 Å². The fourth-order valence-electron chi connectivity index (χ4n) is 5.93. The summed E-state index contributed by atoms with van der Waals surface area (Å²) >= 11 is 0. The highest BCUT2D eigenvalue weighted by Gasteiger charge is 2.52. The number of aliphatic hydroxyl groups excluding tert-OH is 1. The molecule has 0 bridgehead atoms. The van der Waals surface area contributed by atoms with Crippen LogP contribution in [-0.4, -0.2) is 18.3 Å². The van der Waals surface area contributed by atoms with Crippen molar-refractivity contribution in [2.24, 2.45) is 17.3 Å². The minimum atomic E-state index is -0.290. The molecule has 1 fully saturated rings. The molecule has 2 nitrogen and oxygen atoms in total. The molecule has 23 heavy (non-hydrogen) atoms. The van der Waals surface area contributed by atoms with Gasteiger partial charge in [0.05, 0.1) is 13.2 Å². The molecule has 1 N–H and O–H groups in total. The number of methoxy groups -OCH3 is 1. The quantitative estimate of drug-likeness (QED) is 0.817. The topological polar surface area (TPSA) is 29.5 Å². The SMILES string of the molecule is COc1ccc2c(c1)CC[C@@H]1[C@H]3CC=C([C@@H](C)O)[C@]3(C)CC[C@@H]21. The molecule has 1 aromatic carbocycles. The van der Waals surface area contributed by atoms with Crippen molar-refractivity contribution in [2.45, 2.75) is 58.0 Å². The average molecular weight is 312 g/mol. The van der Waals surface area contributed by atoms with Crippen LogP contribution in [0.1, 0.15) is 56.6 Å². The fraction of sp³-hybridized carbons (Fsp3) is 0.619. The smallest absolute Gasteiger partial charge is 0.119 e. The third-order valence-corrected chi connectivity index (χ3v) is 7.02. The zero-order chi connectivity index (χ0) is 16.2. The number of benzene rings is 1. The number of aliphatic hydroxyl groups is 1. The van der Waals surface area contributed by atoms with Crippen molar-refractivity contribution >= 4 is 0 Å². The summed E-state index contributed by atoms with van der Waals surface area (Å²) in [5, 5.41) is 10.2. The largest absolute Gasteiger partial charge is 0.497 e. The Bertz CT molecular complexity index is 645. The summed E-state index contributed by atoms with van der Waals surface area (Å²) < 4.78 is 5.41. The predicted molar refractivity (Wildman–Crippen MR) is 92.8 cm³/mol. The van der Waals surface area contributed by atoms with Gasteiger partial charge in [-0.05, 0) is 91.0 Å². The van der Waals surface area contributed by atoms with Crippen LogP contribution in [-0.2, 0) is 6.42 Å². The number of aryl methyl sites for hydroxylation is 1. The lowest BCUT2D eigenvalue weighted by Gasteiger charge is -2.50. The van der Waals surface area contributed by atoms with Gasteiger partial charge in [-0.3, -0.25) is 0 Å². The van der Waals surface area contributed by atoms with Crippen molar-refractivity contribution in [3.05, 3.63) is 41.0 Å². The van der Waals surface area contributed by atoms with E-state index in [1.807, 2.05) is 6.92 Å². The van der Waals surface area contributed by atoms with Crippen molar-refractivity contribution < 1.29 is 9.84 Å². The van der Waals surface area contributed by atoms with Crippen LogP contribution in [0, 0.1) is 17.3 Å². The molecule has 0 heterocycles. The molecule has 0 aromatic heterocycles. The molecule has 3 aliphatic rings. The van der Waals surface area contributed by atoms with E-state index in [0.717, 1.165) is 18.1 Å². The number of hydrogen-bond acceptors (Lipinski definition) is 2. The summed E-state index contributed by atoms with van der Waals surface area (Å²) in [5.41, 5.74) is 4.59. The van der Waals surface area contributed by atoms with E-state index in [1.54, 1.807) is 12.7 Å². The first-order valence-electron chi connectivity index (χ1n) is 9.10. The van der Waals surface area contributed by atoms with E-state index in [0.29, 0.717) is 11.8 Å². The summed E-state index contributed by atoms with van der Waals surface area (Å²) in [6, 6.07) is 6.68. The lowest BCUT2D eigenvalue weighted by molar-refractivity contribution is 0.0581. The molecule has 124 valence electrons. The highest BCUT2D eigenvalue weighted by molar-refractivity contribution is 5.41. The molecule has 5 atom stereocenters. The first-order chi connectivity index (χ1) is 11.0. The summed E-state index contributed by atoms with van der Waals surface area (Å²) in [6.07, 6.45) is 8.13. The van der Waals surface area contributed by atoms with Crippen molar-refractivity contribution in [2.75, 3.05) is 7.11 Å². The summed E-state index contributed by atoms with van der Waals surface area (Å²) in [7, 11) is 1.75. The van der Waals surface area contributed by atoms with Gasteiger partial charge in [0.25, 0.3) is 0 Å². The number of ether oxygens (including phenoxy) is 1. The van der Waals surface area contributed by atoms with E-state index in [2.05, 4.69) is 31.2 Å². The molecule has 0 spiro atoms. The number of hydrogen-bond donors (Lipinski definition) is 1. The van der Waals surface area contributed by atoms with Crippen LogP contribution in [0.4, 0.5) is 0 Å². The minimum Gasteiger partial charge on any atom is -0.497 e. The van der Waals surface area contributed by atoms with E-state index < -0.39 is 0 Å².